The van der Waals surface area contributed by atoms with Crippen LogP contribution in [0.4, 0.5) is 0 Å². The van der Waals surface area contributed by atoms with E-state index in [-0.39, 0.29) is 30.6 Å². The van der Waals surface area contributed by atoms with Crippen LogP contribution in [0.2, 0.25) is 0 Å². The Bertz CT molecular complexity index is 401. The molecule has 0 spiro atoms. The van der Waals surface area contributed by atoms with Gasteiger partial charge in [0.2, 0.25) is 15.9 Å². The predicted molar refractivity (Wildman–Crippen MR) is 82.6 cm³/mol. The number of nitrogens with one attached hydrogen (secondary N) is 1. The molecule has 0 aliphatic carbocycles. The van der Waals surface area contributed by atoms with Gasteiger partial charge in [-0.05, 0) is 39.3 Å². The number of hydrogen-bond acceptors (Lipinski definition) is 4. The first kappa shape index (κ1) is 19.6. The molecule has 1 N–H and O–H groups in total. The van der Waals surface area contributed by atoms with Gasteiger partial charge in [-0.1, -0.05) is 0 Å². The van der Waals surface area contributed by atoms with Crippen molar-refractivity contribution in [2.75, 3.05) is 46.0 Å². The van der Waals surface area contributed by atoms with Gasteiger partial charge in [-0.25, -0.2) is 8.42 Å². The monoisotopic (exact) mass is 327 g/mol. The van der Waals surface area contributed by atoms with Crippen molar-refractivity contribution in [1.29, 1.82) is 0 Å². The summed E-state index contributed by atoms with van der Waals surface area (Å²) >= 11 is 0. The maximum Gasteiger partial charge on any atom is 0.237 e. The van der Waals surface area contributed by atoms with E-state index in [0.29, 0.717) is 5.92 Å². The van der Waals surface area contributed by atoms with Gasteiger partial charge in [0.1, 0.15) is 0 Å². The zero-order valence-corrected chi connectivity index (χ0v) is 14.1. The van der Waals surface area contributed by atoms with Crippen molar-refractivity contribution in [2.24, 2.45) is 5.92 Å². The molecule has 1 aliphatic rings. The van der Waals surface area contributed by atoms with Gasteiger partial charge in [0.05, 0.1) is 12.3 Å². The van der Waals surface area contributed by atoms with Gasteiger partial charge in [0.15, 0.2) is 0 Å². The number of carbonyl (C=O) groups excluding carboxylic acids is 1. The Hall–Kier alpha value is -0.370. The summed E-state index contributed by atoms with van der Waals surface area (Å²) in [5.41, 5.74) is 0. The Morgan fingerprint density at radius 3 is 2.65 bits per heavy atom. The molecule has 0 aromatic rings. The van der Waals surface area contributed by atoms with E-state index in [1.807, 2.05) is 7.05 Å². The molecular formula is C12H26ClN3O3S. The number of rotatable bonds is 6. The third kappa shape index (κ3) is 5.55. The molecule has 8 heteroatoms. The highest BCUT2D eigenvalue weighted by Gasteiger charge is 2.26. The molecule has 20 heavy (non-hydrogen) atoms. The van der Waals surface area contributed by atoms with E-state index in [2.05, 4.69) is 5.32 Å². The van der Waals surface area contributed by atoms with Gasteiger partial charge in [-0.15, -0.1) is 12.4 Å². The Morgan fingerprint density at radius 2 is 2.10 bits per heavy atom. The molecule has 1 saturated heterocycles. The molecule has 0 saturated carbocycles. The van der Waals surface area contributed by atoms with Gasteiger partial charge in [0.25, 0.3) is 0 Å². The van der Waals surface area contributed by atoms with Crippen LogP contribution in [0.25, 0.3) is 0 Å². The lowest BCUT2D eigenvalue weighted by Crippen LogP contribution is -2.47. The lowest BCUT2D eigenvalue weighted by molar-refractivity contribution is -0.133. The fourth-order valence-corrected chi connectivity index (χ4v) is 3.10. The van der Waals surface area contributed by atoms with Crippen LogP contribution in [0, 0.1) is 5.92 Å². The van der Waals surface area contributed by atoms with E-state index >= 15 is 0 Å². The van der Waals surface area contributed by atoms with Crippen LogP contribution in [0.3, 0.4) is 0 Å². The molecule has 0 aromatic heterocycles. The van der Waals surface area contributed by atoms with Crippen LogP contribution < -0.4 is 5.32 Å². The first-order valence-electron chi connectivity index (χ1n) is 6.77. The lowest BCUT2D eigenvalue weighted by Gasteiger charge is -2.33. The second-order valence-corrected chi connectivity index (χ2v) is 7.43. The summed E-state index contributed by atoms with van der Waals surface area (Å²) < 4.78 is 24.4. The van der Waals surface area contributed by atoms with Crippen molar-refractivity contribution < 1.29 is 13.2 Å². The molecule has 1 fully saturated rings. The molecule has 1 atom stereocenters. The van der Waals surface area contributed by atoms with E-state index in [9.17, 15) is 13.2 Å². The molecule has 1 aliphatic heterocycles. The summed E-state index contributed by atoms with van der Waals surface area (Å²) in [5, 5.41) is 3.13. The Balaban J connectivity index is 0.00000361. The highest BCUT2D eigenvalue weighted by Crippen LogP contribution is 2.16. The van der Waals surface area contributed by atoms with E-state index < -0.39 is 10.0 Å². The van der Waals surface area contributed by atoms with Crippen LogP contribution in [-0.2, 0) is 14.8 Å². The summed E-state index contributed by atoms with van der Waals surface area (Å²) in [6, 6.07) is 0. The molecule has 0 radical (unpaired) electrons. The smallest absolute Gasteiger partial charge is 0.237 e. The number of piperidine rings is 1. The molecule has 120 valence electrons. The molecular weight excluding hydrogens is 302 g/mol. The van der Waals surface area contributed by atoms with Gasteiger partial charge in [0, 0.05) is 20.1 Å². The number of carbonyl (C=O) groups is 1. The summed E-state index contributed by atoms with van der Waals surface area (Å²) in [7, 11) is 0.0870. The minimum absolute atomic E-state index is 0. The van der Waals surface area contributed by atoms with E-state index in [0.717, 1.165) is 36.8 Å². The molecule has 1 amide bonds. The third-order valence-corrected chi connectivity index (χ3v) is 5.37. The number of sulfonamides is 1. The summed E-state index contributed by atoms with van der Waals surface area (Å²) in [6.45, 7) is 3.88. The highest BCUT2D eigenvalue weighted by atomic mass is 35.5. The number of likely N-dealkylation sites (N-methyl/N-ethyl adjacent to an activating group) is 1. The van der Waals surface area contributed by atoms with Crippen molar-refractivity contribution in [1.82, 2.24) is 14.5 Å². The molecule has 1 heterocycles. The number of likely N-dealkylation sites (tertiary alicyclic amines) is 1. The Kier molecular flexibility index (Phi) is 8.65. The van der Waals surface area contributed by atoms with Crippen LogP contribution in [-0.4, -0.2) is 69.6 Å². The van der Waals surface area contributed by atoms with Crippen LogP contribution in [0.5, 0.6) is 0 Å². The highest BCUT2D eigenvalue weighted by molar-refractivity contribution is 7.89. The lowest BCUT2D eigenvalue weighted by atomic mass is 9.98. The maximum atomic E-state index is 12.1. The van der Waals surface area contributed by atoms with E-state index in [4.69, 9.17) is 0 Å². The molecule has 0 bridgehead atoms. The fraction of sp³-hybridized carbons (Fsp3) is 0.917. The topological polar surface area (TPSA) is 69.7 Å². The second kappa shape index (κ2) is 8.81. The Labute approximate surface area is 128 Å². The maximum absolute atomic E-state index is 12.1. The minimum Gasteiger partial charge on any atom is -0.341 e. The number of hydrogen-bond donors (Lipinski definition) is 1. The van der Waals surface area contributed by atoms with Crippen LogP contribution >= 0.6 is 12.4 Å². The second-order valence-electron chi connectivity index (χ2n) is 5.06. The molecule has 1 rings (SSSR count). The zero-order valence-electron chi connectivity index (χ0n) is 12.5. The van der Waals surface area contributed by atoms with Crippen molar-refractivity contribution in [3.63, 3.8) is 0 Å². The quantitative estimate of drug-likeness (QED) is 0.754. The van der Waals surface area contributed by atoms with Gasteiger partial charge >= 0.3 is 0 Å². The van der Waals surface area contributed by atoms with Crippen molar-refractivity contribution in [3.05, 3.63) is 0 Å². The standard InChI is InChI=1S/C12H25N3O3S.ClH/c1-4-19(17,18)14(3)10-12(16)15-7-5-6-11(9-15)8-13-2;/h11,13H,4-10H2,1-3H3;1H. The third-order valence-electron chi connectivity index (χ3n) is 3.56. The summed E-state index contributed by atoms with van der Waals surface area (Å²) in [6.07, 6.45) is 2.11. The average Bonchev–Trinajstić information content (AvgIpc) is 2.39. The minimum atomic E-state index is -3.28. The first-order chi connectivity index (χ1) is 8.90. The zero-order chi connectivity index (χ0) is 14.5. The number of nitrogens with zero attached hydrogens (tertiary/aromatic N) is 2. The van der Waals surface area contributed by atoms with Crippen molar-refractivity contribution in [2.45, 2.75) is 19.8 Å². The van der Waals surface area contributed by atoms with Gasteiger partial charge in [-0.2, -0.15) is 4.31 Å². The van der Waals surface area contributed by atoms with Crippen LogP contribution in [0.15, 0.2) is 0 Å². The first-order valence-corrected chi connectivity index (χ1v) is 8.38. The number of halogens is 1. The van der Waals surface area contributed by atoms with Crippen molar-refractivity contribution in [3.8, 4) is 0 Å². The van der Waals surface area contributed by atoms with Gasteiger partial charge < -0.3 is 10.2 Å². The molecule has 6 nitrogen and oxygen atoms in total. The van der Waals surface area contributed by atoms with E-state index in [1.54, 1.807) is 11.8 Å². The molecule has 1 unspecified atom stereocenters. The van der Waals surface area contributed by atoms with E-state index in [1.165, 1.54) is 7.05 Å². The Morgan fingerprint density at radius 1 is 1.45 bits per heavy atom. The largest absolute Gasteiger partial charge is 0.341 e. The van der Waals surface area contributed by atoms with Crippen molar-refractivity contribution >= 4 is 28.3 Å². The molecule has 0 aromatic carbocycles. The SMILES string of the molecule is CCS(=O)(=O)N(C)CC(=O)N1CCCC(CNC)C1.Cl. The van der Waals surface area contributed by atoms with Gasteiger partial charge in [-0.3, -0.25) is 4.79 Å². The average molecular weight is 328 g/mol. The summed E-state index contributed by atoms with van der Waals surface area (Å²) in [4.78, 5) is 13.9. The normalized spacial score (nSPS) is 19.8. The fourth-order valence-electron chi connectivity index (χ4n) is 2.36. The van der Waals surface area contributed by atoms with Crippen LogP contribution in [0.1, 0.15) is 19.8 Å². The summed E-state index contributed by atoms with van der Waals surface area (Å²) in [5.74, 6) is 0.398. The predicted octanol–water partition coefficient (Wildman–Crippen LogP) is 0.148. The number of amides is 1.